The molecule has 5 rings (SSSR count). The van der Waals surface area contributed by atoms with Gasteiger partial charge in [0.05, 0.1) is 23.3 Å². The fourth-order valence-electron chi connectivity index (χ4n) is 3.64. The van der Waals surface area contributed by atoms with Gasteiger partial charge in [-0.25, -0.2) is 4.98 Å². The van der Waals surface area contributed by atoms with Crippen LogP contribution in [0, 0.1) is 6.92 Å². The second kappa shape index (κ2) is 6.30. The van der Waals surface area contributed by atoms with Gasteiger partial charge in [-0.05, 0) is 37.3 Å². The summed E-state index contributed by atoms with van der Waals surface area (Å²) in [6.45, 7) is 2.57. The molecule has 3 heterocycles. The zero-order valence-electron chi connectivity index (χ0n) is 15.7. The Morgan fingerprint density at radius 2 is 1.96 bits per heavy atom. The average molecular weight is 373 g/mol. The van der Waals surface area contributed by atoms with Crippen LogP contribution < -0.4 is 4.90 Å². The van der Waals surface area contributed by atoms with Gasteiger partial charge in [0.15, 0.2) is 0 Å². The minimum Gasteiger partial charge on any atom is -0.339 e. The van der Waals surface area contributed by atoms with Gasteiger partial charge in [-0.15, -0.1) is 0 Å². The number of aryl methyl sites for hydroxylation is 2. The third-order valence-corrected chi connectivity index (χ3v) is 5.25. The molecule has 0 unspecified atom stereocenters. The van der Waals surface area contributed by atoms with Crippen LogP contribution in [0.25, 0.3) is 22.4 Å². The van der Waals surface area contributed by atoms with Crippen LogP contribution in [0.4, 0.5) is 5.69 Å². The molecule has 1 fully saturated rings. The molecule has 140 valence electrons. The van der Waals surface area contributed by atoms with Crippen molar-refractivity contribution in [3.8, 4) is 11.4 Å². The molecule has 7 heteroatoms. The second-order valence-corrected chi connectivity index (χ2v) is 7.26. The van der Waals surface area contributed by atoms with E-state index < -0.39 is 0 Å². The first-order valence-electron chi connectivity index (χ1n) is 9.20. The molecule has 2 aromatic carbocycles. The van der Waals surface area contributed by atoms with Crippen LogP contribution in [0.1, 0.15) is 23.8 Å². The van der Waals surface area contributed by atoms with E-state index in [1.54, 1.807) is 11.2 Å². The predicted octanol–water partition coefficient (Wildman–Crippen LogP) is 3.45. The van der Waals surface area contributed by atoms with Gasteiger partial charge in [0, 0.05) is 31.3 Å². The highest BCUT2D eigenvalue weighted by Gasteiger charge is 2.35. The number of benzene rings is 2. The molecule has 7 nitrogen and oxygen atoms in total. The van der Waals surface area contributed by atoms with Crippen molar-refractivity contribution < 1.29 is 9.32 Å². The summed E-state index contributed by atoms with van der Waals surface area (Å²) in [5.41, 5.74) is 4.84. The summed E-state index contributed by atoms with van der Waals surface area (Å²) in [6, 6.07) is 13.8. The number of fused-ring (bicyclic) bond motifs is 1. The molecule has 0 N–H and O–H groups in total. The number of hydrogen-bond donors (Lipinski definition) is 0. The van der Waals surface area contributed by atoms with E-state index in [2.05, 4.69) is 15.1 Å². The highest BCUT2D eigenvalue weighted by Crippen LogP contribution is 2.32. The van der Waals surface area contributed by atoms with Crippen LogP contribution in [0.2, 0.25) is 0 Å². The third kappa shape index (κ3) is 2.76. The highest BCUT2D eigenvalue weighted by atomic mass is 16.5. The monoisotopic (exact) mass is 373 g/mol. The van der Waals surface area contributed by atoms with Crippen LogP contribution in [-0.4, -0.2) is 32.1 Å². The molecule has 1 aliphatic rings. The largest absolute Gasteiger partial charge is 0.339 e. The molecule has 4 aromatic rings. The number of carbonyl (C=O) groups is 1. The molecule has 1 atom stereocenters. The van der Waals surface area contributed by atoms with Crippen LogP contribution >= 0.6 is 0 Å². The normalized spacial score (nSPS) is 17.0. The maximum atomic E-state index is 12.5. The summed E-state index contributed by atoms with van der Waals surface area (Å²) in [5, 5.41) is 4.13. The maximum Gasteiger partial charge on any atom is 0.232 e. The molecule has 1 saturated heterocycles. The number of imidazole rings is 1. The SMILES string of the molecule is Cc1ccc(N2C[C@H](c3nc(-c4ccc5c(c4)ncn5C)no3)CC2=O)cc1. The molecule has 0 spiro atoms. The number of hydrogen-bond acceptors (Lipinski definition) is 5. The quantitative estimate of drug-likeness (QED) is 0.550. The van der Waals surface area contributed by atoms with Gasteiger partial charge in [0.2, 0.25) is 17.6 Å². The topological polar surface area (TPSA) is 77.1 Å². The van der Waals surface area contributed by atoms with Gasteiger partial charge in [0.1, 0.15) is 0 Å². The molecule has 0 aliphatic carbocycles. The number of carbonyl (C=O) groups excluding carboxylic acids is 1. The van der Waals surface area contributed by atoms with Gasteiger partial charge < -0.3 is 14.0 Å². The Morgan fingerprint density at radius 3 is 2.79 bits per heavy atom. The molecule has 2 aromatic heterocycles. The van der Waals surface area contributed by atoms with Crippen molar-refractivity contribution in [3.05, 3.63) is 60.2 Å². The van der Waals surface area contributed by atoms with Crippen molar-refractivity contribution in [1.82, 2.24) is 19.7 Å². The minimum absolute atomic E-state index is 0.0727. The summed E-state index contributed by atoms with van der Waals surface area (Å²) in [6.07, 6.45) is 2.15. The first-order valence-corrected chi connectivity index (χ1v) is 9.20. The standard InChI is InChI=1S/C21H19N5O2/c1-13-3-6-16(7-4-13)26-11-15(10-19(26)27)21-23-20(24-28-21)14-5-8-18-17(9-14)22-12-25(18)2/h3-9,12,15H,10-11H2,1-2H3/t15-/m1/s1. The number of anilines is 1. The summed E-state index contributed by atoms with van der Waals surface area (Å²) < 4.78 is 7.47. The Morgan fingerprint density at radius 1 is 1.14 bits per heavy atom. The van der Waals surface area contributed by atoms with E-state index in [1.807, 2.05) is 61.0 Å². The van der Waals surface area contributed by atoms with Crippen LogP contribution in [-0.2, 0) is 11.8 Å². The molecule has 1 amide bonds. The van der Waals surface area contributed by atoms with Crippen molar-refractivity contribution in [3.63, 3.8) is 0 Å². The van der Waals surface area contributed by atoms with E-state index in [0.29, 0.717) is 24.7 Å². The number of nitrogens with zero attached hydrogens (tertiary/aromatic N) is 5. The zero-order valence-corrected chi connectivity index (χ0v) is 15.7. The van der Waals surface area contributed by atoms with Gasteiger partial charge in [-0.1, -0.05) is 22.9 Å². The lowest BCUT2D eigenvalue weighted by molar-refractivity contribution is -0.117. The fourth-order valence-corrected chi connectivity index (χ4v) is 3.64. The van der Waals surface area contributed by atoms with E-state index in [-0.39, 0.29) is 11.8 Å². The fraction of sp³-hybridized carbons (Fsp3) is 0.238. The van der Waals surface area contributed by atoms with E-state index >= 15 is 0 Å². The highest BCUT2D eigenvalue weighted by molar-refractivity contribution is 5.96. The van der Waals surface area contributed by atoms with E-state index in [1.165, 1.54) is 5.56 Å². The van der Waals surface area contributed by atoms with Crippen molar-refractivity contribution in [2.24, 2.45) is 7.05 Å². The molecular weight excluding hydrogens is 354 g/mol. The summed E-state index contributed by atoms with van der Waals surface area (Å²) in [4.78, 5) is 23.2. The van der Waals surface area contributed by atoms with Crippen LogP contribution in [0.3, 0.4) is 0 Å². The number of amides is 1. The van der Waals surface area contributed by atoms with E-state index in [9.17, 15) is 4.79 Å². The summed E-state index contributed by atoms with van der Waals surface area (Å²) >= 11 is 0. The van der Waals surface area contributed by atoms with Gasteiger partial charge >= 0.3 is 0 Å². The Balaban J connectivity index is 1.39. The average Bonchev–Trinajstić information content (AvgIpc) is 3.41. The smallest absolute Gasteiger partial charge is 0.232 e. The van der Waals surface area contributed by atoms with Crippen molar-refractivity contribution in [2.45, 2.75) is 19.3 Å². The predicted molar refractivity (Wildman–Crippen MR) is 105 cm³/mol. The number of rotatable bonds is 3. The Kier molecular flexibility index (Phi) is 3.75. The lowest BCUT2D eigenvalue weighted by Crippen LogP contribution is -2.24. The Hall–Kier alpha value is -3.48. The summed E-state index contributed by atoms with van der Waals surface area (Å²) in [7, 11) is 1.96. The van der Waals surface area contributed by atoms with Crippen LogP contribution in [0.15, 0.2) is 53.3 Å². The lowest BCUT2D eigenvalue weighted by Gasteiger charge is -2.16. The molecule has 0 radical (unpaired) electrons. The molecular formula is C21H19N5O2. The zero-order chi connectivity index (χ0) is 19.3. The Labute approximate surface area is 161 Å². The first-order chi connectivity index (χ1) is 13.6. The molecule has 1 aliphatic heterocycles. The lowest BCUT2D eigenvalue weighted by atomic mass is 10.1. The van der Waals surface area contributed by atoms with Gasteiger partial charge in [-0.2, -0.15) is 4.98 Å². The van der Waals surface area contributed by atoms with E-state index in [4.69, 9.17) is 4.52 Å². The summed E-state index contributed by atoms with van der Waals surface area (Å²) in [5.74, 6) is 0.986. The Bertz CT molecular complexity index is 1180. The molecule has 28 heavy (non-hydrogen) atoms. The first kappa shape index (κ1) is 16.7. The van der Waals surface area contributed by atoms with Gasteiger partial charge in [0.25, 0.3) is 0 Å². The van der Waals surface area contributed by atoms with Crippen molar-refractivity contribution in [1.29, 1.82) is 0 Å². The van der Waals surface area contributed by atoms with Gasteiger partial charge in [-0.3, -0.25) is 4.79 Å². The van der Waals surface area contributed by atoms with Crippen molar-refractivity contribution in [2.75, 3.05) is 11.4 Å². The number of aromatic nitrogens is 4. The van der Waals surface area contributed by atoms with Crippen LogP contribution in [0.5, 0.6) is 0 Å². The second-order valence-electron chi connectivity index (χ2n) is 7.26. The van der Waals surface area contributed by atoms with E-state index in [0.717, 1.165) is 22.3 Å². The molecule has 0 saturated carbocycles. The van der Waals surface area contributed by atoms with Crippen molar-refractivity contribution >= 4 is 22.6 Å². The minimum atomic E-state index is -0.103. The maximum absolute atomic E-state index is 12.5. The third-order valence-electron chi connectivity index (χ3n) is 5.25. The molecule has 0 bridgehead atoms.